The lowest BCUT2D eigenvalue weighted by molar-refractivity contribution is 0.0904. The summed E-state index contributed by atoms with van der Waals surface area (Å²) in [6.07, 6.45) is 4.16. The zero-order valence-electron chi connectivity index (χ0n) is 11.5. The minimum absolute atomic E-state index is 0.0473. The van der Waals surface area contributed by atoms with E-state index in [-0.39, 0.29) is 11.9 Å². The molecule has 2 fully saturated rings. The molecule has 6 heteroatoms. The summed E-state index contributed by atoms with van der Waals surface area (Å²) in [5, 5.41) is 4.23. The van der Waals surface area contributed by atoms with Crippen LogP contribution in [0.15, 0.2) is 22.1 Å². The molecule has 0 spiro atoms. The number of carbonyl (C=O) groups excluding carboxylic acids is 1. The molecular weight excluding hydrogens is 350 g/mol. The van der Waals surface area contributed by atoms with E-state index in [2.05, 4.69) is 31.1 Å². The zero-order valence-corrected chi connectivity index (χ0v) is 13.9. The molecule has 0 saturated carbocycles. The summed E-state index contributed by atoms with van der Waals surface area (Å²) in [4.78, 5) is 19.1. The van der Waals surface area contributed by atoms with Gasteiger partial charge in [-0.1, -0.05) is 0 Å². The maximum absolute atomic E-state index is 12.4. The van der Waals surface area contributed by atoms with Crippen molar-refractivity contribution in [1.29, 1.82) is 0 Å². The Balaban J connectivity index is 1.50. The second-order valence-electron chi connectivity index (χ2n) is 5.98. The van der Waals surface area contributed by atoms with Crippen LogP contribution in [-0.2, 0) is 0 Å². The Kier molecular flexibility index (Phi) is 3.47. The van der Waals surface area contributed by atoms with Crippen molar-refractivity contribution in [2.45, 2.75) is 18.9 Å². The maximum Gasteiger partial charge on any atom is 0.270 e. The molecule has 2 aliphatic heterocycles. The summed E-state index contributed by atoms with van der Waals surface area (Å²) in [6.45, 7) is 3.37. The number of rotatable bonds is 2. The van der Waals surface area contributed by atoms with Gasteiger partial charge in [0.2, 0.25) is 0 Å². The van der Waals surface area contributed by atoms with Crippen LogP contribution in [0.25, 0.3) is 10.1 Å². The van der Waals surface area contributed by atoms with E-state index >= 15 is 0 Å². The van der Waals surface area contributed by atoms with E-state index in [0.717, 1.165) is 32.8 Å². The Morgan fingerprint density at radius 3 is 3.19 bits per heavy atom. The summed E-state index contributed by atoms with van der Waals surface area (Å²) in [5.74, 6) is 0.710. The highest BCUT2D eigenvalue weighted by molar-refractivity contribution is 9.11. The van der Waals surface area contributed by atoms with Gasteiger partial charge in [-0.2, -0.15) is 0 Å². The number of fused-ring (bicyclic) bond motifs is 3. The lowest BCUT2D eigenvalue weighted by Crippen LogP contribution is -2.47. The molecular formula is C15H16BrN3OS. The number of halogens is 1. The molecule has 1 N–H and O–H groups in total. The summed E-state index contributed by atoms with van der Waals surface area (Å²) < 4.78 is 2.16. The van der Waals surface area contributed by atoms with E-state index in [1.54, 1.807) is 17.5 Å². The van der Waals surface area contributed by atoms with E-state index < -0.39 is 0 Å². The number of carbonyl (C=O) groups is 1. The Labute approximate surface area is 135 Å². The zero-order chi connectivity index (χ0) is 14.4. The quantitative estimate of drug-likeness (QED) is 0.889. The summed E-state index contributed by atoms with van der Waals surface area (Å²) in [6, 6.07) is 4.19. The summed E-state index contributed by atoms with van der Waals surface area (Å²) in [7, 11) is 0. The minimum Gasteiger partial charge on any atom is -0.347 e. The fourth-order valence-electron chi connectivity index (χ4n) is 3.45. The van der Waals surface area contributed by atoms with E-state index in [1.165, 1.54) is 19.5 Å². The van der Waals surface area contributed by atoms with Crippen molar-refractivity contribution in [3.63, 3.8) is 0 Å². The van der Waals surface area contributed by atoms with Crippen molar-refractivity contribution < 1.29 is 4.79 Å². The van der Waals surface area contributed by atoms with Crippen molar-refractivity contribution in [2.75, 3.05) is 19.6 Å². The first kappa shape index (κ1) is 13.7. The Bertz CT molecular complexity index is 689. The Morgan fingerprint density at radius 2 is 2.33 bits per heavy atom. The van der Waals surface area contributed by atoms with Crippen LogP contribution in [-0.4, -0.2) is 41.5 Å². The highest BCUT2D eigenvalue weighted by Gasteiger charge is 2.33. The van der Waals surface area contributed by atoms with Crippen LogP contribution in [0, 0.1) is 5.92 Å². The van der Waals surface area contributed by atoms with Gasteiger partial charge in [0.15, 0.2) is 0 Å². The molecule has 2 aromatic heterocycles. The number of nitrogens with zero attached hydrogens (tertiary/aromatic N) is 2. The number of amides is 1. The Morgan fingerprint density at radius 1 is 1.43 bits per heavy atom. The molecule has 2 aliphatic rings. The summed E-state index contributed by atoms with van der Waals surface area (Å²) >= 11 is 5.10. The van der Waals surface area contributed by atoms with Gasteiger partial charge in [-0.05, 0) is 53.4 Å². The first-order valence-corrected chi connectivity index (χ1v) is 8.86. The van der Waals surface area contributed by atoms with Crippen LogP contribution in [0.5, 0.6) is 0 Å². The van der Waals surface area contributed by atoms with Crippen LogP contribution < -0.4 is 5.32 Å². The molecule has 21 heavy (non-hydrogen) atoms. The van der Waals surface area contributed by atoms with Crippen molar-refractivity contribution >= 4 is 43.3 Å². The van der Waals surface area contributed by atoms with Crippen LogP contribution in [0.2, 0.25) is 0 Å². The molecule has 110 valence electrons. The molecule has 4 rings (SSSR count). The fourth-order valence-corrected chi connectivity index (χ4v) is 5.01. The largest absolute Gasteiger partial charge is 0.347 e. The number of piperidine rings is 1. The minimum atomic E-state index is -0.0473. The molecule has 3 unspecified atom stereocenters. The highest BCUT2D eigenvalue weighted by Crippen LogP contribution is 2.30. The number of hydrogen-bond donors (Lipinski definition) is 1. The molecule has 4 nitrogen and oxygen atoms in total. The first-order valence-electron chi connectivity index (χ1n) is 7.26. The van der Waals surface area contributed by atoms with Crippen molar-refractivity contribution in [1.82, 2.24) is 15.2 Å². The van der Waals surface area contributed by atoms with E-state index in [9.17, 15) is 4.79 Å². The number of nitrogens with one attached hydrogen (secondary N) is 1. The third-order valence-electron chi connectivity index (χ3n) is 4.41. The fraction of sp³-hybridized carbons (Fsp3) is 0.467. The van der Waals surface area contributed by atoms with Crippen LogP contribution in [0.3, 0.4) is 0 Å². The predicted molar refractivity (Wildman–Crippen MR) is 87.7 cm³/mol. The molecule has 3 atom stereocenters. The third-order valence-corrected chi connectivity index (χ3v) is 6.01. The van der Waals surface area contributed by atoms with Gasteiger partial charge in [0.25, 0.3) is 5.91 Å². The molecule has 2 bridgehead atoms. The highest BCUT2D eigenvalue weighted by atomic mass is 79.9. The molecule has 0 aromatic carbocycles. The number of aromatic nitrogens is 1. The van der Waals surface area contributed by atoms with Gasteiger partial charge in [-0.15, -0.1) is 11.3 Å². The number of pyridine rings is 1. The topological polar surface area (TPSA) is 45.2 Å². The monoisotopic (exact) mass is 365 g/mol. The average molecular weight is 366 g/mol. The van der Waals surface area contributed by atoms with Gasteiger partial charge in [-0.3, -0.25) is 9.78 Å². The molecule has 1 amide bonds. The lowest BCUT2D eigenvalue weighted by Gasteiger charge is -2.30. The molecule has 0 aliphatic carbocycles. The van der Waals surface area contributed by atoms with Gasteiger partial charge in [0, 0.05) is 35.4 Å². The molecule has 4 heterocycles. The van der Waals surface area contributed by atoms with Crippen molar-refractivity contribution in [2.24, 2.45) is 5.92 Å². The Hall–Kier alpha value is -0.980. The second kappa shape index (κ2) is 5.34. The number of thiophene rings is 1. The molecule has 0 radical (unpaired) electrons. The van der Waals surface area contributed by atoms with E-state index in [0.29, 0.717) is 5.69 Å². The van der Waals surface area contributed by atoms with Gasteiger partial charge in [0.1, 0.15) is 5.69 Å². The van der Waals surface area contributed by atoms with E-state index in [4.69, 9.17) is 0 Å². The molecule has 2 aromatic rings. The standard InChI is InChI=1S/C15H16BrN3OS/c16-14-4-10-6-17-12(5-13(10)21-14)15(20)18-11-3-9-1-2-19(7-9)8-11/h4-6,9,11H,1-3,7-8H2,(H,18,20). The first-order chi connectivity index (χ1) is 10.2. The third kappa shape index (κ3) is 2.72. The predicted octanol–water partition coefficient (Wildman–Crippen LogP) is 2.88. The normalized spacial score (nSPS) is 28.0. The van der Waals surface area contributed by atoms with Crippen LogP contribution in [0.1, 0.15) is 23.3 Å². The smallest absolute Gasteiger partial charge is 0.270 e. The number of hydrogen-bond acceptors (Lipinski definition) is 4. The second-order valence-corrected chi connectivity index (χ2v) is 8.44. The van der Waals surface area contributed by atoms with Gasteiger partial charge in [-0.25, -0.2) is 0 Å². The van der Waals surface area contributed by atoms with Gasteiger partial charge in [0.05, 0.1) is 3.79 Å². The average Bonchev–Trinajstić information content (AvgIpc) is 2.99. The van der Waals surface area contributed by atoms with E-state index in [1.807, 2.05) is 12.1 Å². The van der Waals surface area contributed by atoms with Crippen LogP contribution >= 0.6 is 27.3 Å². The molecule has 2 saturated heterocycles. The van der Waals surface area contributed by atoms with Crippen LogP contribution in [0.4, 0.5) is 0 Å². The maximum atomic E-state index is 12.4. The van der Waals surface area contributed by atoms with Crippen molar-refractivity contribution in [3.8, 4) is 0 Å². The lowest BCUT2D eigenvalue weighted by atomic mass is 9.97. The van der Waals surface area contributed by atoms with Crippen molar-refractivity contribution in [3.05, 3.63) is 27.8 Å². The van der Waals surface area contributed by atoms with Gasteiger partial charge >= 0.3 is 0 Å². The SMILES string of the molecule is O=C(NC1CC2CCN(C2)C1)c1cc2sc(Br)cc2cn1. The van der Waals surface area contributed by atoms with Gasteiger partial charge < -0.3 is 10.2 Å². The summed E-state index contributed by atoms with van der Waals surface area (Å²) in [5.41, 5.74) is 0.518.